The van der Waals surface area contributed by atoms with Crippen molar-refractivity contribution in [2.75, 3.05) is 7.05 Å². The number of likely N-dealkylation sites (N-methyl/N-ethyl adjacent to an activating group) is 1. The summed E-state index contributed by atoms with van der Waals surface area (Å²) in [5.74, 6) is 0.00385. The third-order valence-electron chi connectivity index (χ3n) is 3.74. The van der Waals surface area contributed by atoms with Crippen molar-refractivity contribution < 1.29 is 4.79 Å². The molecule has 1 aromatic heterocycles. The molecule has 4 heteroatoms. The summed E-state index contributed by atoms with van der Waals surface area (Å²) in [5, 5.41) is 8.20. The van der Waals surface area contributed by atoms with E-state index in [1.165, 1.54) is 16.0 Å². The van der Waals surface area contributed by atoms with Gasteiger partial charge in [-0.2, -0.15) is 0 Å². The molecule has 22 heavy (non-hydrogen) atoms. The Morgan fingerprint density at radius 3 is 2.50 bits per heavy atom. The molecule has 118 valence electrons. The van der Waals surface area contributed by atoms with Crippen molar-refractivity contribution in [1.82, 2.24) is 10.6 Å². The summed E-state index contributed by atoms with van der Waals surface area (Å²) in [7, 11) is 1.67. The predicted molar refractivity (Wildman–Crippen MR) is 93.3 cm³/mol. The van der Waals surface area contributed by atoms with E-state index in [0.717, 1.165) is 12.8 Å². The van der Waals surface area contributed by atoms with Crippen molar-refractivity contribution in [3.05, 3.63) is 57.8 Å². The highest BCUT2D eigenvalue weighted by molar-refractivity contribution is 7.10. The number of thiophene rings is 1. The average Bonchev–Trinajstić information content (AvgIpc) is 3.07. The van der Waals surface area contributed by atoms with E-state index in [2.05, 4.69) is 53.3 Å². The molecule has 1 amide bonds. The van der Waals surface area contributed by atoms with Crippen LogP contribution < -0.4 is 10.6 Å². The molecule has 2 rings (SSSR count). The topological polar surface area (TPSA) is 41.1 Å². The van der Waals surface area contributed by atoms with Gasteiger partial charge in [-0.05, 0) is 35.9 Å². The Hall–Kier alpha value is -1.65. The molecule has 0 bridgehead atoms. The molecule has 2 N–H and O–H groups in total. The molecule has 0 aliphatic rings. The Balaban J connectivity index is 2.23. The van der Waals surface area contributed by atoms with Crippen molar-refractivity contribution in [3.63, 3.8) is 0 Å². The van der Waals surface area contributed by atoms with Gasteiger partial charge in [-0.15, -0.1) is 11.3 Å². The maximum atomic E-state index is 11.8. The molecule has 0 spiro atoms. The van der Waals surface area contributed by atoms with E-state index < -0.39 is 0 Å². The molecule has 0 unspecified atom stereocenters. The van der Waals surface area contributed by atoms with Gasteiger partial charge in [-0.25, -0.2) is 0 Å². The van der Waals surface area contributed by atoms with Gasteiger partial charge in [0.2, 0.25) is 5.91 Å². The van der Waals surface area contributed by atoms with E-state index >= 15 is 0 Å². The van der Waals surface area contributed by atoms with Crippen LogP contribution in [0, 0.1) is 0 Å². The predicted octanol–water partition coefficient (Wildman–Crippen LogP) is 3.51. The van der Waals surface area contributed by atoms with Crippen LogP contribution in [-0.4, -0.2) is 19.0 Å². The van der Waals surface area contributed by atoms with Crippen molar-refractivity contribution >= 4 is 17.2 Å². The SMILES string of the molecule is CCCc1ccc([C@@H](N[C@@H](C)C(=O)NC)c2cccs2)cc1. The number of hydrogen-bond acceptors (Lipinski definition) is 3. The smallest absolute Gasteiger partial charge is 0.236 e. The largest absolute Gasteiger partial charge is 0.358 e. The van der Waals surface area contributed by atoms with Crippen LogP contribution in [0.1, 0.15) is 42.3 Å². The number of aryl methyl sites for hydroxylation is 1. The number of hydrogen-bond donors (Lipinski definition) is 2. The summed E-state index contributed by atoms with van der Waals surface area (Å²) >= 11 is 1.71. The molecule has 3 nitrogen and oxygen atoms in total. The Morgan fingerprint density at radius 2 is 1.95 bits per heavy atom. The fraction of sp³-hybridized carbons (Fsp3) is 0.389. The second-order valence-corrected chi connectivity index (χ2v) is 6.42. The van der Waals surface area contributed by atoms with Gasteiger partial charge in [0.1, 0.15) is 0 Å². The first kappa shape index (κ1) is 16.7. The number of carbonyl (C=O) groups excluding carboxylic acids is 1. The standard InChI is InChI=1S/C18H24N2OS/c1-4-6-14-8-10-15(11-9-14)17(16-7-5-12-22-16)20-13(2)18(21)19-3/h5,7-13,17,20H,4,6H2,1-3H3,(H,19,21)/t13-,17+/m0/s1. The van der Waals surface area contributed by atoms with E-state index in [-0.39, 0.29) is 18.0 Å². The fourth-order valence-corrected chi connectivity index (χ4v) is 3.32. The molecule has 0 fully saturated rings. The summed E-state index contributed by atoms with van der Waals surface area (Å²) < 4.78 is 0. The van der Waals surface area contributed by atoms with Crippen molar-refractivity contribution in [2.45, 2.75) is 38.8 Å². The Morgan fingerprint density at radius 1 is 1.23 bits per heavy atom. The Bertz CT molecular complexity index is 578. The van der Waals surface area contributed by atoms with Gasteiger partial charge in [0.15, 0.2) is 0 Å². The summed E-state index contributed by atoms with van der Waals surface area (Å²) in [6, 6.07) is 12.7. The first-order valence-corrected chi connectivity index (χ1v) is 8.63. The average molecular weight is 316 g/mol. The Kier molecular flexibility index (Phi) is 6.16. The van der Waals surface area contributed by atoms with Crippen LogP contribution in [0.2, 0.25) is 0 Å². The molecule has 0 radical (unpaired) electrons. The minimum atomic E-state index is -0.243. The quantitative estimate of drug-likeness (QED) is 0.820. The van der Waals surface area contributed by atoms with Gasteiger partial charge in [-0.3, -0.25) is 10.1 Å². The fourth-order valence-electron chi connectivity index (χ4n) is 2.51. The monoisotopic (exact) mass is 316 g/mol. The number of carbonyl (C=O) groups is 1. The van der Waals surface area contributed by atoms with Crippen LogP contribution in [0.5, 0.6) is 0 Å². The highest BCUT2D eigenvalue weighted by Crippen LogP contribution is 2.27. The molecule has 1 heterocycles. The second-order valence-electron chi connectivity index (χ2n) is 5.44. The van der Waals surface area contributed by atoms with Gasteiger partial charge < -0.3 is 5.32 Å². The molecule has 0 aliphatic heterocycles. The first-order valence-electron chi connectivity index (χ1n) is 7.75. The highest BCUT2D eigenvalue weighted by Gasteiger charge is 2.20. The number of amides is 1. The third kappa shape index (κ3) is 4.18. The van der Waals surface area contributed by atoms with Crippen LogP contribution in [0.3, 0.4) is 0 Å². The molecular weight excluding hydrogens is 292 g/mol. The van der Waals surface area contributed by atoms with Crippen molar-refractivity contribution in [2.24, 2.45) is 0 Å². The number of rotatable bonds is 7. The molecule has 0 aliphatic carbocycles. The van der Waals surface area contributed by atoms with Crippen LogP contribution >= 0.6 is 11.3 Å². The molecule has 2 aromatic rings. The van der Waals surface area contributed by atoms with E-state index in [4.69, 9.17) is 0 Å². The molecule has 0 saturated heterocycles. The van der Waals surface area contributed by atoms with E-state index in [9.17, 15) is 4.79 Å². The molecule has 0 saturated carbocycles. The van der Waals surface area contributed by atoms with Crippen LogP contribution in [0.15, 0.2) is 41.8 Å². The highest BCUT2D eigenvalue weighted by atomic mass is 32.1. The van der Waals surface area contributed by atoms with E-state index in [1.807, 2.05) is 13.0 Å². The van der Waals surface area contributed by atoms with E-state index in [1.54, 1.807) is 18.4 Å². The maximum absolute atomic E-state index is 11.8. The van der Waals surface area contributed by atoms with Gasteiger partial charge in [0.05, 0.1) is 12.1 Å². The lowest BCUT2D eigenvalue weighted by molar-refractivity contribution is -0.122. The minimum absolute atomic E-state index is 0.00385. The van der Waals surface area contributed by atoms with Gasteiger partial charge in [-0.1, -0.05) is 43.7 Å². The zero-order valence-electron chi connectivity index (χ0n) is 13.4. The lowest BCUT2D eigenvalue weighted by atomic mass is 10.0. The zero-order chi connectivity index (χ0) is 15.9. The Labute approximate surface area is 136 Å². The normalized spacial score (nSPS) is 13.6. The van der Waals surface area contributed by atoms with Gasteiger partial charge >= 0.3 is 0 Å². The zero-order valence-corrected chi connectivity index (χ0v) is 14.2. The van der Waals surface area contributed by atoms with Crippen LogP contribution in [0.4, 0.5) is 0 Å². The van der Waals surface area contributed by atoms with Gasteiger partial charge in [0, 0.05) is 11.9 Å². The number of nitrogens with one attached hydrogen (secondary N) is 2. The summed E-state index contributed by atoms with van der Waals surface area (Å²) in [4.78, 5) is 13.0. The second kappa shape index (κ2) is 8.11. The van der Waals surface area contributed by atoms with Crippen molar-refractivity contribution in [3.8, 4) is 0 Å². The molecule has 1 aromatic carbocycles. The van der Waals surface area contributed by atoms with Crippen LogP contribution in [0.25, 0.3) is 0 Å². The third-order valence-corrected chi connectivity index (χ3v) is 4.67. The first-order chi connectivity index (χ1) is 10.7. The summed E-state index contributed by atoms with van der Waals surface area (Å²) in [6.45, 7) is 4.08. The lowest BCUT2D eigenvalue weighted by Crippen LogP contribution is -2.42. The summed E-state index contributed by atoms with van der Waals surface area (Å²) in [5.41, 5.74) is 2.55. The minimum Gasteiger partial charge on any atom is -0.358 e. The lowest BCUT2D eigenvalue weighted by Gasteiger charge is -2.22. The van der Waals surface area contributed by atoms with Crippen molar-refractivity contribution in [1.29, 1.82) is 0 Å². The molecule has 2 atom stereocenters. The summed E-state index contributed by atoms with van der Waals surface area (Å²) in [6.07, 6.45) is 2.26. The maximum Gasteiger partial charge on any atom is 0.236 e. The van der Waals surface area contributed by atoms with Gasteiger partial charge in [0.25, 0.3) is 0 Å². The van der Waals surface area contributed by atoms with Crippen LogP contribution in [-0.2, 0) is 11.2 Å². The number of benzene rings is 1. The van der Waals surface area contributed by atoms with E-state index in [0.29, 0.717) is 0 Å². The molecular formula is C18H24N2OS.